The lowest BCUT2D eigenvalue weighted by Gasteiger charge is -2.22. The maximum absolute atomic E-state index is 12.2. The van der Waals surface area contributed by atoms with Crippen LogP contribution in [0.25, 0.3) is 11.1 Å². The molecule has 30 heavy (non-hydrogen) atoms. The van der Waals surface area contributed by atoms with Crippen molar-refractivity contribution in [1.82, 2.24) is 0 Å². The molecule has 0 radical (unpaired) electrons. The largest absolute Gasteiger partial charge is 0.493 e. The second kappa shape index (κ2) is 8.01. The zero-order valence-electron chi connectivity index (χ0n) is 17.3. The standard InChI is InChI=1S/C24H26O6/c1-28-20-9-7-18(15-4-3-5-17-16(15)6-8-19(17)25)22(23(20)29-2)30-14-24(12-13-24)11-10-21(26)27/h3-5,7,9H,6,8,10-14H2,1-2H3,(H,26,27). The van der Waals surface area contributed by atoms with E-state index >= 15 is 0 Å². The summed E-state index contributed by atoms with van der Waals surface area (Å²) in [5, 5.41) is 9.04. The summed E-state index contributed by atoms with van der Waals surface area (Å²) < 4.78 is 17.4. The maximum atomic E-state index is 12.2. The minimum atomic E-state index is -0.787. The van der Waals surface area contributed by atoms with Gasteiger partial charge in [0, 0.05) is 29.4 Å². The van der Waals surface area contributed by atoms with Gasteiger partial charge in [-0.2, -0.15) is 0 Å². The third-order valence-electron chi connectivity index (χ3n) is 6.22. The number of methoxy groups -OCH3 is 2. The lowest BCUT2D eigenvalue weighted by atomic mass is 9.95. The molecule has 0 heterocycles. The van der Waals surface area contributed by atoms with Gasteiger partial charge in [0.15, 0.2) is 17.3 Å². The number of carboxylic acids is 1. The molecule has 1 saturated carbocycles. The molecular weight excluding hydrogens is 384 g/mol. The summed E-state index contributed by atoms with van der Waals surface area (Å²) in [5.41, 5.74) is 3.52. The number of carbonyl (C=O) groups is 2. The van der Waals surface area contributed by atoms with Crippen molar-refractivity contribution in [2.45, 2.75) is 38.5 Å². The first-order chi connectivity index (χ1) is 14.5. The van der Waals surface area contributed by atoms with E-state index in [0.29, 0.717) is 43.1 Å². The van der Waals surface area contributed by atoms with Gasteiger partial charge in [-0.3, -0.25) is 9.59 Å². The van der Waals surface area contributed by atoms with Crippen LogP contribution in [0.5, 0.6) is 17.2 Å². The maximum Gasteiger partial charge on any atom is 0.303 e. The van der Waals surface area contributed by atoms with E-state index < -0.39 is 5.97 Å². The normalized spacial score (nSPS) is 16.1. The number of carbonyl (C=O) groups excluding carboxylic acids is 1. The van der Waals surface area contributed by atoms with Crippen LogP contribution < -0.4 is 14.2 Å². The number of hydrogen-bond acceptors (Lipinski definition) is 5. The van der Waals surface area contributed by atoms with Crippen molar-refractivity contribution in [2.75, 3.05) is 20.8 Å². The molecule has 0 saturated heterocycles. The van der Waals surface area contributed by atoms with Crippen LogP contribution in [0.3, 0.4) is 0 Å². The molecule has 2 aliphatic carbocycles. The number of fused-ring (bicyclic) bond motifs is 1. The van der Waals surface area contributed by atoms with Gasteiger partial charge in [0.05, 0.1) is 20.8 Å². The van der Waals surface area contributed by atoms with Gasteiger partial charge in [0.1, 0.15) is 0 Å². The molecule has 1 fully saturated rings. The number of aliphatic carboxylic acids is 1. The number of Topliss-reactive ketones (excluding diaryl/α,β-unsaturated/α-hetero) is 1. The van der Waals surface area contributed by atoms with Crippen LogP contribution >= 0.6 is 0 Å². The van der Waals surface area contributed by atoms with Crippen LogP contribution in [0, 0.1) is 5.41 Å². The van der Waals surface area contributed by atoms with E-state index in [1.165, 1.54) is 0 Å². The molecule has 6 nitrogen and oxygen atoms in total. The van der Waals surface area contributed by atoms with Crippen LogP contribution in [0.4, 0.5) is 0 Å². The second-order valence-corrected chi connectivity index (χ2v) is 8.12. The molecule has 2 aliphatic rings. The summed E-state index contributed by atoms with van der Waals surface area (Å²) in [6, 6.07) is 9.55. The molecular formula is C24H26O6. The summed E-state index contributed by atoms with van der Waals surface area (Å²) in [4.78, 5) is 23.2. The van der Waals surface area contributed by atoms with E-state index in [1.54, 1.807) is 14.2 Å². The Morgan fingerprint density at radius 2 is 1.77 bits per heavy atom. The smallest absolute Gasteiger partial charge is 0.303 e. The summed E-state index contributed by atoms with van der Waals surface area (Å²) >= 11 is 0. The van der Waals surface area contributed by atoms with Crippen molar-refractivity contribution in [2.24, 2.45) is 5.41 Å². The van der Waals surface area contributed by atoms with Crippen molar-refractivity contribution >= 4 is 11.8 Å². The lowest BCUT2D eigenvalue weighted by molar-refractivity contribution is -0.137. The Hall–Kier alpha value is -3.02. The van der Waals surface area contributed by atoms with Crippen molar-refractivity contribution in [3.63, 3.8) is 0 Å². The molecule has 0 spiro atoms. The van der Waals surface area contributed by atoms with Crippen LogP contribution in [-0.2, 0) is 11.2 Å². The lowest BCUT2D eigenvalue weighted by Crippen LogP contribution is -2.15. The molecule has 1 N–H and O–H groups in total. The molecule has 158 valence electrons. The minimum Gasteiger partial charge on any atom is -0.493 e. The van der Waals surface area contributed by atoms with Gasteiger partial charge in [0.25, 0.3) is 0 Å². The average Bonchev–Trinajstić information content (AvgIpc) is 3.44. The van der Waals surface area contributed by atoms with Crippen LogP contribution in [-0.4, -0.2) is 37.7 Å². The van der Waals surface area contributed by atoms with E-state index in [-0.39, 0.29) is 17.6 Å². The molecule has 0 amide bonds. The summed E-state index contributed by atoms with van der Waals surface area (Å²) in [7, 11) is 3.15. The topological polar surface area (TPSA) is 82.1 Å². The van der Waals surface area contributed by atoms with Gasteiger partial charge in [-0.25, -0.2) is 0 Å². The number of carboxylic acid groups (broad SMARTS) is 1. The highest BCUT2D eigenvalue weighted by atomic mass is 16.5. The third kappa shape index (κ3) is 3.74. The fourth-order valence-electron chi connectivity index (χ4n) is 4.24. The number of benzene rings is 2. The van der Waals surface area contributed by atoms with Crippen molar-refractivity contribution in [3.8, 4) is 28.4 Å². The summed E-state index contributed by atoms with van der Waals surface area (Å²) in [6.45, 7) is 0.421. The SMILES string of the molecule is COc1ccc(-c2cccc3c2CCC3=O)c(OCC2(CCC(=O)O)CC2)c1OC. The number of ketones is 1. The Kier molecular flexibility index (Phi) is 5.41. The van der Waals surface area contributed by atoms with Crippen LogP contribution in [0.15, 0.2) is 30.3 Å². The fraction of sp³-hybridized carbons (Fsp3) is 0.417. The van der Waals surface area contributed by atoms with E-state index in [0.717, 1.165) is 35.1 Å². The Morgan fingerprint density at radius 1 is 1.00 bits per heavy atom. The number of ether oxygens (including phenoxy) is 3. The van der Waals surface area contributed by atoms with E-state index in [1.807, 2.05) is 30.3 Å². The Balaban J connectivity index is 1.72. The molecule has 0 bridgehead atoms. The summed E-state index contributed by atoms with van der Waals surface area (Å²) in [5.74, 6) is 1.03. The molecule has 0 atom stereocenters. The predicted molar refractivity (Wildman–Crippen MR) is 112 cm³/mol. The van der Waals surface area contributed by atoms with Gasteiger partial charge in [-0.15, -0.1) is 0 Å². The molecule has 2 aromatic carbocycles. The van der Waals surface area contributed by atoms with Crippen molar-refractivity contribution in [1.29, 1.82) is 0 Å². The second-order valence-electron chi connectivity index (χ2n) is 8.12. The molecule has 4 rings (SSSR count). The van der Waals surface area contributed by atoms with E-state index in [9.17, 15) is 9.59 Å². The summed E-state index contributed by atoms with van der Waals surface area (Å²) in [6.07, 6.45) is 3.88. The zero-order chi connectivity index (χ0) is 21.3. The van der Waals surface area contributed by atoms with Gasteiger partial charge in [0.2, 0.25) is 5.75 Å². The Bertz CT molecular complexity index is 989. The first-order valence-corrected chi connectivity index (χ1v) is 10.2. The number of hydrogen-bond donors (Lipinski definition) is 1. The monoisotopic (exact) mass is 410 g/mol. The first-order valence-electron chi connectivity index (χ1n) is 10.2. The molecule has 6 heteroatoms. The Morgan fingerprint density at radius 3 is 2.43 bits per heavy atom. The van der Waals surface area contributed by atoms with E-state index in [4.69, 9.17) is 19.3 Å². The molecule has 0 aliphatic heterocycles. The highest BCUT2D eigenvalue weighted by Gasteiger charge is 2.44. The third-order valence-corrected chi connectivity index (χ3v) is 6.22. The van der Waals surface area contributed by atoms with Crippen molar-refractivity contribution in [3.05, 3.63) is 41.5 Å². The molecule has 2 aromatic rings. The zero-order valence-corrected chi connectivity index (χ0v) is 17.3. The van der Waals surface area contributed by atoms with Gasteiger partial charge in [-0.05, 0) is 48.9 Å². The quantitative estimate of drug-likeness (QED) is 0.654. The molecule has 0 unspecified atom stereocenters. The minimum absolute atomic E-state index is 0.0989. The highest BCUT2D eigenvalue weighted by molar-refractivity contribution is 6.02. The van der Waals surface area contributed by atoms with Crippen molar-refractivity contribution < 1.29 is 28.9 Å². The Labute approximate surface area is 175 Å². The van der Waals surface area contributed by atoms with Crippen LogP contribution in [0.1, 0.15) is 48.0 Å². The average molecular weight is 410 g/mol. The fourth-order valence-corrected chi connectivity index (χ4v) is 4.24. The van der Waals surface area contributed by atoms with Gasteiger partial charge < -0.3 is 19.3 Å². The van der Waals surface area contributed by atoms with E-state index in [2.05, 4.69) is 0 Å². The van der Waals surface area contributed by atoms with Gasteiger partial charge >= 0.3 is 5.97 Å². The first kappa shape index (κ1) is 20.3. The number of rotatable bonds is 9. The molecule has 0 aromatic heterocycles. The van der Waals surface area contributed by atoms with Gasteiger partial charge in [-0.1, -0.05) is 18.2 Å². The highest BCUT2D eigenvalue weighted by Crippen LogP contribution is 2.52. The van der Waals surface area contributed by atoms with Crippen LogP contribution in [0.2, 0.25) is 0 Å². The predicted octanol–water partition coefficient (Wildman–Crippen LogP) is 4.52.